The van der Waals surface area contributed by atoms with Crippen molar-refractivity contribution in [3.05, 3.63) is 59.8 Å². The van der Waals surface area contributed by atoms with Crippen LogP contribution in [0.3, 0.4) is 0 Å². The first-order valence-corrected chi connectivity index (χ1v) is 9.36. The van der Waals surface area contributed by atoms with Crippen molar-refractivity contribution in [2.24, 2.45) is 0 Å². The zero-order chi connectivity index (χ0) is 18.8. The molecule has 2 aromatic carbocycles. The lowest BCUT2D eigenvalue weighted by Crippen LogP contribution is -2.03. The van der Waals surface area contributed by atoms with Gasteiger partial charge in [0, 0.05) is 22.2 Å². The number of ketones is 1. The van der Waals surface area contributed by atoms with Crippen molar-refractivity contribution in [1.29, 1.82) is 0 Å². The highest BCUT2D eigenvalue weighted by Crippen LogP contribution is 2.31. The van der Waals surface area contributed by atoms with Crippen LogP contribution in [0.1, 0.15) is 16.1 Å². The number of carbonyl (C=O) groups is 1. The molecule has 7 heteroatoms. The minimum Gasteiger partial charge on any atom is -0.496 e. The second-order valence-corrected chi connectivity index (χ2v) is 6.88. The predicted molar refractivity (Wildman–Crippen MR) is 104 cm³/mol. The van der Waals surface area contributed by atoms with Gasteiger partial charge >= 0.3 is 0 Å². The van der Waals surface area contributed by atoms with Crippen LogP contribution in [0.2, 0.25) is 0 Å². The molecule has 136 valence electrons. The Morgan fingerprint density at radius 3 is 2.78 bits per heavy atom. The van der Waals surface area contributed by atoms with Gasteiger partial charge in [-0.3, -0.25) is 4.79 Å². The number of H-pyrrole nitrogens is 1. The number of rotatable bonds is 6. The van der Waals surface area contributed by atoms with Crippen LogP contribution in [-0.2, 0) is 0 Å². The number of ether oxygens (including phenoxy) is 1. The summed E-state index contributed by atoms with van der Waals surface area (Å²) in [6.07, 6.45) is 0. The number of fused-ring (bicyclic) bond motifs is 1. The van der Waals surface area contributed by atoms with Crippen molar-refractivity contribution < 1.29 is 13.9 Å². The molecule has 0 radical (unpaired) electrons. The number of hydrogen-bond acceptors (Lipinski definition) is 6. The van der Waals surface area contributed by atoms with Crippen molar-refractivity contribution in [1.82, 2.24) is 15.2 Å². The third-order valence-corrected chi connectivity index (χ3v) is 5.06. The lowest BCUT2D eigenvalue weighted by molar-refractivity contribution is 0.102. The summed E-state index contributed by atoms with van der Waals surface area (Å²) in [5.74, 6) is 1.26. The van der Waals surface area contributed by atoms with E-state index in [1.165, 1.54) is 11.8 Å². The summed E-state index contributed by atoms with van der Waals surface area (Å²) >= 11 is 1.23. The van der Waals surface area contributed by atoms with E-state index in [0.717, 1.165) is 22.2 Å². The van der Waals surface area contributed by atoms with E-state index in [-0.39, 0.29) is 11.5 Å². The summed E-state index contributed by atoms with van der Waals surface area (Å²) in [6.45, 7) is 1.91. The average Bonchev–Trinajstić information content (AvgIpc) is 3.29. The van der Waals surface area contributed by atoms with Crippen molar-refractivity contribution in [3.63, 3.8) is 0 Å². The summed E-state index contributed by atoms with van der Waals surface area (Å²) in [4.78, 5) is 16.0. The zero-order valence-corrected chi connectivity index (χ0v) is 15.7. The van der Waals surface area contributed by atoms with Gasteiger partial charge in [0.15, 0.2) is 5.78 Å². The Kier molecular flexibility index (Phi) is 4.68. The fraction of sp³-hybridized carbons (Fsp3) is 0.150. The molecular formula is C20H17N3O3S. The molecule has 0 atom stereocenters. The maximum absolute atomic E-state index is 12.7. The molecule has 0 bridgehead atoms. The maximum Gasteiger partial charge on any atom is 0.277 e. The van der Waals surface area contributed by atoms with E-state index >= 15 is 0 Å². The number of nitrogens with zero attached hydrogens (tertiary/aromatic N) is 2. The highest BCUT2D eigenvalue weighted by molar-refractivity contribution is 7.99. The Balaban J connectivity index is 1.52. The molecular weight excluding hydrogens is 362 g/mol. The number of aromatic amines is 1. The highest BCUT2D eigenvalue weighted by Gasteiger charge is 2.18. The van der Waals surface area contributed by atoms with Crippen LogP contribution in [0.5, 0.6) is 5.75 Å². The number of aryl methyl sites for hydroxylation is 1. The fourth-order valence-electron chi connectivity index (χ4n) is 3.03. The Morgan fingerprint density at radius 1 is 1.15 bits per heavy atom. The molecule has 0 saturated carbocycles. The summed E-state index contributed by atoms with van der Waals surface area (Å²) in [6, 6.07) is 15.2. The van der Waals surface area contributed by atoms with Gasteiger partial charge < -0.3 is 14.1 Å². The van der Waals surface area contributed by atoms with E-state index in [1.807, 2.05) is 55.5 Å². The van der Waals surface area contributed by atoms with E-state index in [9.17, 15) is 4.79 Å². The van der Waals surface area contributed by atoms with Gasteiger partial charge in [0.2, 0.25) is 0 Å². The molecule has 27 heavy (non-hydrogen) atoms. The number of aromatic nitrogens is 3. The number of hydrogen-bond donors (Lipinski definition) is 1. The average molecular weight is 379 g/mol. The van der Waals surface area contributed by atoms with E-state index in [2.05, 4.69) is 15.2 Å². The van der Waals surface area contributed by atoms with Crippen molar-refractivity contribution in [2.75, 3.05) is 12.9 Å². The normalized spacial score (nSPS) is 11.0. The smallest absolute Gasteiger partial charge is 0.277 e. The van der Waals surface area contributed by atoms with E-state index < -0.39 is 0 Å². The molecule has 2 heterocycles. The topological polar surface area (TPSA) is 81.0 Å². The molecule has 6 nitrogen and oxygen atoms in total. The van der Waals surface area contributed by atoms with Gasteiger partial charge in [-0.1, -0.05) is 42.1 Å². The molecule has 0 aliphatic rings. The van der Waals surface area contributed by atoms with Crippen LogP contribution in [0.15, 0.2) is 58.2 Å². The molecule has 0 aliphatic heterocycles. The van der Waals surface area contributed by atoms with Gasteiger partial charge in [0.25, 0.3) is 11.1 Å². The number of carbonyl (C=O) groups excluding carboxylic acids is 1. The molecule has 0 fully saturated rings. The third kappa shape index (κ3) is 3.33. The molecule has 0 amide bonds. The molecule has 0 unspecified atom stereocenters. The lowest BCUT2D eigenvalue weighted by Gasteiger charge is -2.03. The fourth-order valence-corrected chi connectivity index (χ4v) is 3.67. The SMILES string of the molecule is COc1ccccc1-c1nnc(SCC(=O)c2c(C)[nH]c3ccccc23)o1. The highest BCUT2D eigenvalue weighted by atomic mass is 32.2. The van der Waals surface area contributed by atoms with Crippen LogP contribution in [0, 0.1) is 6.92 Å². The molecule has 1 N–H and O–H groups in total. The van der Waals surface area contributed by atoms with Crippen molar-refractivity contribution in [3.8, 4) is 17.2 Å². The van der Waals surface area contributed by atoms with Gasteiger partial charge in [-0.05, 0) is 25.1 Å². The Hall–Kier alpha value is -3.06. The van der Waals surface area contributed by atoms with E-state index in [1.54, 1.807) is 7.11 Å². The lowest BCUT2D eigenvalue weighted by atomic mass is 10.1. The predicted octanol–water partition coefficient (Wildman–Crippen LogP) is 4.51. The largest absolute Gasteiger partial charge is 0.496 e. The first-order chi connectivity index (χ1) is 13.2. The monoisotopic (exact) mass is 379 g/mol. The zero-order valence-electron chi connectivity index (χ0n) is 14.9. The van der Waals surface area contributed by atoms with Crippen LogP contribution in [-0.4, -0.2) is 33.8 Å². The minimum absolute atomic E-state index is 0.0204. The molecule has 4 aromatic rings. The Labute approximate surface area is 159 Å². The standard InChI is InChI=1S/C20H17N3O3S/c1-12-18(13-7-3-5-9-15(13)21-12)16(24)11-27-20-23-22-19(26-20)14-8-4-6-10-17(14)25-2/h3-10,21H,11H2,1-2H3. The molecule has 0 spiro atoms. The number of benzene rings is 2. The van der Waals surface area contributed by atoms with Crippen molar-refractivity contribution >= 4 is 28.4 Å². The second-order valence-electron chi connectivity index (χ2n) is 5.96. The van der Waals surface area contributed by atoms with Gasteiger partial charge in [-0.25, -0.2) is 0 Å². The quantitative estimate of drug-likeness (QED) is 0.392. The third-order valence-electron chi connectivity index (χ3n) is 4.24. The van der Waals surface area contributed by atoms with Gasteiger partial charge in [-0.2, -0.15) is 0 Å². The summed E-state index contributed by atoms with van der Waals surface area (Å²) in [5, 5.41) is 9.39. The summed E-state index contributed by atoms with van der Waals surface area (Å²) in [5.41, 5.74) is 3.25. The minimum atomic E-state index is 0.0204. The molecule has 4 rings (SSSR count). The van der Waals surface area contributed by atoms with Gasteiger partial charge in [-0.15, -0.1) is 10.2 Å². The number of methoxy groups -OCH3 is 1. The number of Topliss-reactive ketones (excluding diaryl/α,β-unsaturated/α-hetero) is 1. The second kappa shape index (κ2) is 7.28. The molecule has 0 saturated heterocycles. The molecule has 0 aliphatic carbocycles. The number of nitrogens with one attached hydrogen (secondary N) is 1. The van der Waals surface area contributed by atoms with E-state index in [0.29, 0.717) is 22.4 Å². The van der Waals surface area contributed by atoms with Gasteiger partial charge in [0.1, 0.15) is 5.75 Å². The number of thioether (sulfide) groups is 1. The molecule has 2 aromatic heterocycles. The first kappa shape index (κ1) is 17.4. The maximum atomic E-state index is 12.7. The van der Waals surface area contributed by atoms with Crippen LogP contribution in [0.25, 0.3) is 22.4 Å². The van der Waals surface area contributed by atoms with Crippen molar-refractivity contribution in [2.45, 2.75) is 12.1 Å². The van der Waals surface area contributed by atoms with Crippen LogP contribution < -0.4 is 4.74 Å². The summed E-state index contributed by atoms with van der Waals surface area (Å²) in [7, 11) is 1.59. The van der Waals surface area contributed by atoms with Crippen LogP contribution >= 0.6 is 11.8 Å². The van der Waals surface area contributed by atoms with E-state index in [4.69, 9.17) is 9.15 Å². The van der Waals surface area contributed by atoms with Crippen LogP contribution in [0.4, 0.5) is 0 Å². The first-order valence-electron chi connectivity index (χ1n) is 8.37. The van der Waals surface area contributed by atoms with Gasteiger partial charge in [0.05, 0.1) is 18.4 Å². The number of para-hydroxylation sites is 2. The Bertz CT molecular complexity index is 1120. The summed E-state index contributed by atoms with van der Waals surface area (Å²) < 4.78 is 11.0. The Morgan fingerprint density at radius 2 is 1.93 bits per heavy atom.